The first-order valence-corrected chi connectivity index (χ1v) is 10.1. The van der Waals surface area contributed by atoms with Crippen LogP contribution in [0.25, 0.3) is 0 Å². The minimum absolute atomic E-state index is 0.244. The van der Waals surface area contributed by atoms with E-state index in [1.165, 1.54) is 0 Å². The number of nitrogens with two attached hydrogens (primary N) is 1. The van der Waals surface area contributed by atoms with Gasteiger partial charge in [0.15, 0.2) is 0 Å². The van der Waals surface area contributed by atoms with Crippen LogP contribution in [0.15, 0.2) is 84.9 Å². The van der Waals surface area contributed by atoms with Gasteiger partial charge in [-0.05, 0) is 51.4 Å². The normalized spacial score (nSPS) is 11.8. The lowest BCUT2D eigenvalue weighted by molar-refractivity contribution is -0.127. The van der Waals surface area contributed by atoms with Crippen molar-refractivity contribution in [2.24, 2.45) is 5.73 Å². The molecule has 3 aromatic carbocycles. The summed E-state index contributed by atoms with van der Waals surface area (Å²) in [5, 5.41) is 2.86. The van der Waals surface area contributed by atoms with Crippen molar-refractivity contribution in [3.05, 3.63) is 105 Å². The molecule has 3 N–H and O–H groups in total. The maximum atomic E-state index is 13.2. The van der Waals surface area contributed by atoms with Crippen LogP contribution in [0.2, 0.25) is 0 Å². The van der Waals surface area contributed by atoms with Crippen LogP contribution in [0.4, 0.5) is 0 Å². The van der Waals surface area contributed by atoms with E-state index in [2.05, 4.69) is 27.9 Å². The maximum absolute atomic E-state index is 13.2. The second-order valence-corrected chi connectivity index (χ2v) is 7.79. The van der Waals surface area contributed by atoms with Gasteiger partial charge in [-0.1, -0.05) is 72.8 Å². The smallest absolute Gasteiger partial charge is 0.240 e. The molecular formula is C23H21IN2O2. The SMILES string of the molecule is NC(=O)[C@H](Cc1ccc(I)cc1)NC(=O)C(c1ccccc1)c1ccccc1. The third-order valence-corrected chi connectivity index (χ3v) is 5.26. The van der Waals surface area contributed by atoms with Crippen LogP contribution in [0.5, 0.6) is 0 Å². The zero-order chi connectivity index (χ0) is 19.9. The summed E-state index contributed by atoms with van der Waals surface area (Å²) in [6, 6.07) is 26.1. The zero-order valence-electron chi connectivity index (χ0n) is 15.2. The average molecular weight is 484 g/mol. The number of halogens is 1. The Morgan fingerprint density at radius 3 is 1.79 bits per heavy atom. The van der Waals surface area contributed by atoms with Gasteiger partial charge in [-0.25, -0.2) is 0 Å². The summed E-state index contributed by atoms with van der Waals surface area (Å²) in [6.45, 7) is 0. The molecule has 5 heteroatoms. The molecule has 2 amide bonds. The summed E-state index contributed by atoms with van der Waals surface area (Å²) in [4.78, 5) is 25.2. The number of amides is 2. The van der Waals surface area contributed by atoms with Crippen molar-refractivity contribution in [3.8, 4) is 0 Å². The largest absolute Gasteiger partial charge is 0.368 e. The van der Waals surface area contributed by atoms with Gasteiger partial charge in [0, 0.05) is 9.99 Å². The molecule has 0 saturated heterocycles. The molecule has 0 fully saturated rings. The van der Waals surface area contributed by atoms with E-state index < -0.39 is 17.9 Å². The van der Waals surface area contributed by atoms with Crippen LogP contribution in [-0.4, -0.2) is 17.9 Å². The molecule has 0 aliphatic carbocycles. The van der Waals surface area contributed by atoms with Crippen molar-refractivity contribution in [3.63, 3.8) is 0 Å². The summed E-state index contributed by atoms with van der Waals surface area (Å²) in [5.74, 6) is -1.31. The number of carbonyl (C=O) groups excluding carboxylic acids is 2. The Kier molecular flexibility index (Phi) is 6.81. The molecule has 28 heavy (non-hydrogen) atoms. The Morgan fingerprint density at radius 2 is 1.32 bits per heavy atom. The van der Waals surface area contributed by atoms with Crippen LogP contribution >= 0.6 is 22.6 Å². The lowest BCUT2D eigenvalue weighted by Gasteiger charge is -2.22. The number of hydrogen-bond donors (Lipinski definition) is 2. The topological polar surface area (TPSA) is 72.2 Å². The van der Waals surface area contributed by atoms with E-state index in [1.807, 2.05) is 84.9 Å². The molecule has 0 radical (unpaired) electrons. The molecule has 4 nitrogen and oxygen atoms in total. The zero-order valence-corrected chi connectivity index (χ0v) is 17.4. The second kappa shape index (κ2) is 9.50. The Balaban J connectivity index is 1.85. The highest BCUT2D eigenvalue weighted by Gasteiger charge is 2.27. The Hall–Kier alpha value is -2.67. The van der Waals surface area contributed by atoms with Crippen LogP contribution in [0, 0.1) is 3.57 Å². The molecule has 3 rings (SSSR count). The van der Waals surface area contributed by atoms with Crippen LogP contribution in [-0.2, 0) is 16.0 Å². The standard InChI is InChI=1S/C23H21IN2O2/c24-19-13-11-16(12-14-19)15-20(22(25)27)26-23(28)21(17-7-3-1-4-8-17)18-9-5-2-6-10-18/h1-14,20-21H,15H2,(H2,25,27)(H,26,28)/t20-/m0/s1. The summed E-state index contributed by atoms with van der Waals surface area (Å²) in [5.41, 5.74) is 8.26. The van der Waals surface area contributed by atoms with Crippen molar-refractivity contribution in [2.45, 2.75) is 18.4 Å². The van der Waals surface area contributed by atoms with Crippen LogP contribution < -0.4 is 11.1 Å². The lowest BCUT2D eigenvalue weighted by Crippen LogP contribution is -2.47. The summed E-state index contributed by atoms with van der Waals surface area (Å²) >= 11 is 2.22. The highest BCUT2D eigenvalue weighted by molar-refractivity contribution is 14.1. The molecule has 3 aromatic rings. The number of benzene rings is 3. The summed E-state index contributed by atoms with van der Waals surface area (Å²) in [7, 11) is 0. The first kappa shape index (κ1) is 20.1. The third kappa shape index (κ3) is 5.19. The van der Waals surface area contributed by atoms with E-state index in [0.717, 1.165) is 20.3 Å². The molecule has 0 unspecified atom stereocenters. The third-order valence-electron chi connectivity index (χ3n) is 4.54. The van der Waals surface area contributed by atoms with Crippen molar-refractivity contribution in [1.29, 1.82) is 0 Å². The van der Waals surface area contributed by atoms with Gasteiger partial charge in [0.1, 0.15) is 6.04 Å². The van der Waals surface area contributed by atoms with Crippen molar-refractivity contribution in [2.75, 3.05) is 0 Å². The van der Waals surface area contributed by atoms with Crippen LogP contribution in [0.3, 0.4) is 0 Å². The molecule has 0 bridgehead atoms. The number of rotatable bonds is 7. The van der Waals surface area contributed by atoms with Crippen molar-refractivity contribution >= 4 is 34.4 Å². The molecule has 142 valence electrons. The van der Waals surface area contributed by atoms with Gasteiger partial charge >= 0.3 is 0 Å². The summed E-state index contributed by atoms with van der Waals surface area (Å²) < 4.78 is 1.11. The van der Waals surface area contributed by atoms with Gasteiger partial charge < -0.3 is 11.1 Å². The quantitative estimate of drug-likeness (QED) is 0.503. The fourth-order valence-corrected chi connectivity index (χ4v) is 3.48. The minimum atomic E-state index is -0.775. The molecule has 1 atom stereocenters. The molecule has 0 aliphatic rings. The second-order valence-electron chi connectivity index (χ2n) is 6.55. The number of carbonyl (C=O) groups is 2. The molecule has 0 aliphatic heterocycles. The summed E-state index contributed by atoms with van der Waals surface area (Å²) in [6.07, 6.45) is 0.355. The van der Waals surface area contributed by atoms with Gasteiger partial charge in [0.25, 0.3) is 0 Å². The molecule has 0 saturated carbocycles. The minimum Gasteiger partial charge on any atom is -0.368 e. The van der Waals surface area contributed by atoms with E-state index in [0.29, 0.717) is 6.42 Å². The molecule has 0 aromatic heterocycles. The van der Waals surface area contributed by atoms with E-state index in [4.69, 9.17) is 5.73 Å². The number of hydrogen-bond acceptors (Lipinski definition) is 2. The molecule has 0 spiro atoms. The van der Waals surface area contributed by atoms with E-state index in [-0.39, 0.29) is 5.91 Å². The van der Waals surface area contributed by atoms with Crippen molar-refractivity contribution in [1.82, 2.24) is 5.32 Å². The van der Waals surface area contributed by atoms with E-state index >= 15 is 0 Å². The number of primary amides is 1. The molecule has 0 heterocycles. The van der Waals surface area contributed by atoms with E-state index in [9.17, 15) is 9.59 Å². The van der Waals surface area contributed by atoms with Gasteiger partial charge in [-0.3, -0.25) is 9.59 Å². The predicted molar refractivity (Wildman–Crippen MR) is 119 cm³/mol. The predicted octanol–water partition coefficient (Wildman–Crippen LogP) is 3.64. The fourth-order valence-electron chi connectivity index (χ4n) is 3.12. The van der Waals surface area contributed by atoms with E-state index in [1.54, 1.807) is 0 Å². The Labute approximate surface area is 178 Å². The van der Waals surface area contributed by atoms with Crippen LogP contribution in [0.1, 0.15) is 22.6 Å². The van der Waals surface area contributed by atoms with Gasteiger partial charge in [0.05, 0.1) is 5.92 Å². The fraction of sp³-hybridized carbons (Fsp3) is 0.130. The van der Waals surface area contributed by atoms with Gasteiger partial charge in [-0.2, -0.15) is 0 Å². The van der Waals surface area contributed by atoms with Gasteiger partial charge in [-0.15, -0.1) is 0 Å². The lowest BCUT2D eigenvalue weighted by atomic mass is 9.90. The number of nitrogens with one attached hydrogen (secondary N) is 1. The molecular weight excluding hydrogens is 463 g/mol. The Bertz CT molecular complexity index is 888. The highest BCUT2D eigenvalue weighted by Crippen LogP contribution is 2.25. The van der Waals surface area contributed by atoms with Gasteiger partial charge in [0.2, 0.25) is 11.8 Å². The Morgan fingerprint density at radius 1 is 0.821 bits per heavy atom. The first-order chi connectivity index (χ1) is 13.5. The first-order valence-electron chi connectivity index (χ1n) is 8.98. The maximum Gasteiger partial charge on any atom is 0.240 e. The van der Waals surface area contributed by atoms with Crippen molar-refractivity contribution < 1.29 is 9.59 Å². The average Bonchev–Trinajstić information content (AvgIpc) is 2.71. The highest BCUT2D eigenvalue weighted by atomic mass is 127. The monoisotopic (exact) mass is 484 g/mol.